The minimum atomic E-state index is 0.169. The lowest BCUT2D eigenvalue weighted by Crippen LogP contribution is -2.30. The van der Waals surface area contributed by atoms with E-state index in [0.29, 0.717) is 5.11 Å². The van der Waals surface area contributed by atoms with E-state index in [4.69, 9.17) is 12.2 Å². The van der Waals surface area contributed by atoms with E-state index < -0.39 is 0 Å². The summed E-state index contributed by atoms with van der Waals surface area (Å²) in [4.78, 5) is 2.45. The predicted molar refractivity (Wildman–Crippen MR) is 111 cm³/mol. The first-order valence-electron chi connectivity index (χ1n) is 9.17. The van der Waals surface area contributed by atoms with Gasteiger partial charge in [-0.25, -0.2) is 0 Å². The van der Waals surface area contributed by atoms with Gasteiger partial charge in [0.25, 0.3) is 0 Å². The maximum Gasteiger partial charge on any atom is 0.171 e. The lowest BCUT2D eigenvalue weighted by molar-refractivity contribution is 0.722. The molecule has 1 fully saturated rings. The van der Waals surface area contributed by atoms with Crippen molar-refractivity contribution in [1.29, 1.82) is 0 Å². The van der Waals surface area contributed by atoms with Crippen LogP contribution in [0.15, 0.2) is 48.5 Å². The van der Waals surface area contributed by atoms with Crippen LogP contribution in [0, 0.1) is 0 Å². The van der Waals surface area contributed by atoms with Crippen molar-refractivity contribution >= 4 is 28.7 Å². The number of hydrogen-bond donors (Lipinski definition) is 2. The molecule has 1 aliphatic heterocycles. The zero-order valence-electron chi connectivity index (χ0n) is 15.1. The second kappa shape index (κ2) is 8.34. The minimum absolute atomic E-state index is 0.169. The highest BCUT2D eigenvalue weighted by Gasteiger charge is 2.13. The normalized spacial score (nSPS) is 15.0. The fourth-order valence-electron chi connectivity index (χ4n) is 3.22. The van der Waals surface area contributed by atoms with Gasteiger partial charge in [-0.15, -0.1) is 0 Å². The van der Waals surface area contributed by atoms with Crippen LogP contribution in [-0.2, 0) is 6.42 Å². The Balaban J connectivity index is 1.55. The number of rotatable bonds is 5. The highest BCUT2D eigenvalue weighted by atomic mass is 32.1. The van der Waals surface area contributed by atoms with E-state index in [2.05, 4.69) is 77.9 Å². The van der Waals surface area contributed by atoms with Gasteiger partial charge in [0.1, 0.15) is 0 Å². The van der Waals surface area contributed by atoms with Crippen LogP contribution in [0.2, 0.25) is 0 Å². The van der Waals surface area contributed by atoms with Crippen LogP contribution >= 0.6 is 12.2 Å². The number of anilines is 2. The van der Waals surface area contributed by atoms with Crippen molar-refractivity contribution in [3.63, 3.8) is 0 Å². The van der Waals surface area contributed by atoms with Crippen LogP contribution in [0.5, 0.6) is 0 Å². The van der Waals surface area contributed by atoms with Crippen molar-refractivity contribution in [2.75, 3.05) is 23.3 Å². The maximum atomic E-state index is 5.46. The van der Waals surface area contributed by atoms with Gasteiger partial charge in [-0.05, 0) is 73.8 Å². The Bertz CT molecular complexity index is 688. The number of aryl methyl sites for hydroxylation is 1. The third-order valence-electron chi connectivity index (χ3n) is 4.83. The molecule has 2 aromatic carbocycles. The lowest BCUT2D eigenvalue weighted by atomic mass is 10.1. The van der Waals surface area contributed by atoms with E-state index in [1.54, 1.807) is 0 Å². The average molecular weight is 354 g/mol. The Labute approximate surface area is 156 Å². The second-order valence-electron chi connectivity index (χ2n) is 6.66. The SMILES string of the molecule is CCc1ccc(NC(=S)N[C@@H](C)c2ccc(N3CCCC3)cc2)cc1. The predicted octanol–water partition coefficient (Wildman–Crippen LogP) is 4.90. The molecule has 1 heterocycles. The van der Waals surface area contributed by atoms with Gasteiger partial charge >= 0.3 is 0 Å². The topological polar surface area (TPSA) is 27.3 Å². The average Bonchev–Trinajstić information content (AvgIpc) is 3.17. The summed E-state index contributed by atoms with van der Waals surface area (Å²) >= 11 is 5.46. The van der Waals surface area contributed by atoms with E-state index >= 15 is 0 Å². The van der Waals surface area contributed by atoms with Gasteiger partial charge in [-0.3, -0.25) is 0 Å². The third kappa shape index (κ3) is 4.73. The molecule has 0 spiro atoms. The van der Waals surface area contributed by atoms with Gasteiger partial charge in [-0.1, -0.05) is 31.2 Å². The molecule has 1 saturated heterocycles. The van der Waals surface area contributed by atoms with Crippen LogP contribution in [0.1, 0.15) is 43.9 Å². The summed E-state index contributed by atoms with van der Waals surface area (Å²) in [7, 11) is 0. The molecule has 1 aliphatic rings. The fraction of sp³-hybridized carbons (Fsp3) is 0.381. The van der Waals surface area contributed by atoms with E-state index in [9.17, 15) is 0 Å². The first-order valence-corrected chi connectivity index (χ1v) is 9.58. The molecule has 3 nitrogen and oxygen atoms in total. The van der Waals surface area contributed by atoms with Crippen molar-refractivity contribution < 1.29 is 0 Å². The first kappa shape index (κ1) is 17.7. The molecule has 0 aromatic heterocycles. The number of nitrogens with one attached hydrogen (secondary N) is 2. The van der Waals surface area contributed by atoms with Crippen molar-refractivity contribution in [3.05, 3.63) is 59.7 Å². The fourth-order valence-corrected chi connectivity index (χ4v) is 3.51. The number of hydrogen-bond acceptors (Lipinski definition) is 2. The van der Waals surface area contributed by atoms with E-state index in [0.717, 1.165) is 12.1 Å². The van der Waals surface area contributed by atoms with Gasteiger partial charge in [0.05, 0.1) is 6.04 Å². The van der Waals surface area contributed by atoms with E-state index in [-0.39, 0.29) is 6.04 Å². The second-order valence-corrected chi connectivity index (χ2v) is 7.06. The Kier molecular flexibility index (Phi) is 5.92. The van der Waals surface area contributed by atoms with Gasteiger partial charge in [-0.2, -0.15) is 0 Å². The Morgan fingerprint density at radius 2 is 1.68 bits per heavy atom. The molecular weight excluding hydrogens is 326 g/mol. The van der Waals surface area contributed by atoms with Crippen molar-refractivity contribution in [2.24, 2.45) is 0 Å². The van der Waals surface area contributed by atoms with Crippen molar-refractivity contribution in [1.82, 2.24) is 5.32 Å². The van der Waals surface area contributed by atoms with Crippen LogP contribution in [0.3, 0.4) is 0 Å². The summed E-state index contributed by atoms with van der Waals surface area (Å²) in [5, 5.41) is 7.28. The van der Waals surface area contributed by atoms with Crippen LogP contribution in [0.25, 0.3) is 0 Å². The summed E-state index contributed by atoms with van der Waals surface area (Å²) in [5.41, 5.74) is 4.92. The molecule has 25 heavy (non-hydrogen) atoms. The zero-order chi connectivity index (χ0) is 17.6. The van der Waals surface area contributed by atoms with E-state index in [1.807, 2.05) is 0 Å². The Morgan fingerprint density at radius 1 is 1.04 bits per heavy atom. The summed E-state index contributed by atoms with van der Waals surface area (Å²) in [5.74, 6) is 0. The summed E-state index contributed by atoms with van der Waals surface area (Å²) < 4.78 is 0. The molecule has 4 heteroatoms. The Hall–Kier alpha value is -2.07. The first-order chi connectivity index (χ1) is 12.2. The monoisotopic (exact) mass is 353 g/mol. The molecule has 0 radical (unpaired) electrons. The molecule has 0 aliphatic carbocycles. The standard InChI is InChI=1S/C21H27N3S/c1-3-17-6-10-19(11-7-17)23-21(25)22-16(2)18-8-12-20(13-9-18)24-14-4-5-15-24/h6-13,16H,3-5,14-15H2,1-2H3,(H2,22,23,25)/t16-/m0/s1. The quantitative estimate of drug-likeness (QED) is 0.748. The molecular formula is C21H27N3S. The van der Waals surface area contributed by atoms with Gasteiger partial charge < -0.3 is 15.5 Å². The van der Waals surface area contributed by atoms with Crippen molar-refractivity contribution in [2.45, 2.75) is 39.2 Å². The molecule has 0 bridgehead atoms. The number of nitrogens with zero attached hydrogens (tertiary/aromatic N) is 1. The summed E-state index contributed by atoms with van der Waals surface area (Å²) in [6.07, 6.45) is 3.66. The molecule has 2 N–H and O–H groups in total. The zero-order valence-corrected chi connectivity index (χ0v) is 15.9. The van der Waals surface area contributed by atoms with Crippen LogP contribution in [-0.4, -0.2) is 18.2 Å². The minimum Gasteiger partial charge on any atom is -0.372 e. The molecule has 0 saturated carbocycles. The molecule has 1 atom stereocenters. The lowest BCUT2D eigenvalue weighted by Gasteiger charge is -2.20. The Morgan fingerprint density at radius 3 is 2.28 bits per heavy atom. The molecule has 0 unspecified atom stereocenters. The number of benzene rings is 2. The maximum absolute atomic E-state index is 5.46. The van der Waals surface area contributed by atoms with Gasteiger partial charge in [0.15, 0.2) is 5.11 Å². The van der Waals surface area contributed by atoms with Gasteiger partial charge in [0, 0.05) is 24.5 Å². The summed E-state index contributed by atoms with van der Waals surface area (Å²) in [6, 6.07) is 17.4. The summed E-state index contributed by atoms with van der Waals surface area (Å²) in [6.45, 7) is 6.65. The molecule has 0 amide bonds. The highest BCUT2D eigenvalue weighted by Crippen LogP contribution is 2.22. The smallest absolute Gasteiger partial charge is 0.171 e. The number of thiocarbonyl (C=S) groups is 1. The largest absolute Gasteiger partial charge is 0.372 e. The van der Waals surface area contributed by atoms with Crippen molar-refractivity contribution in [3.8, 4) is 0 Å². The van der Waals surface area contributed by atoms with Crippen LogP contribution < -0.4 is 15.5 Å². The highest BCUT2D eigenvalue weighted by molar-refractivity contribution is 7.80. The third-order valence-corrected chi connectivity index (χ3v) is 5.05. The van der Waals surface area contributed by atoms with Gasteiger partial charge in [0.2, 0.25) is 0 Å². The molecule has 132 valence electrons. The van der Waals surface area contributed by atoms with E-state index in [1.165, 1.54) is 42.7 Å². The van der Waals surface area contributed by atoms with Crippen LogP contribution in [0.4, 0.5) is 11.4 Å². The molecule has 3 rings (SSSR count). The molecule has 2 aromatic rings.